The van der Waals surface area contributed by atoms with Crippen molar-refractivity contribution in [2.75, 3.05) is 7.11 Å². The minimum atomic E-state index is 0.138. The van der Waals surface area contributed by atoms with E-state index in [0.29, 0.717) is 12.2 Å². The van der Waals surface area contributed by atoms with E-state index in [1.807, 2.05) is 32.9 Å². The lowest BCUT2D eigenvalue weighted by Crippen LogP contribution is -2.03. The van der Waals surface area contributed by atoms with Crippen molar-refractivity contribution in [2.24, 2.45) is 0 Å². The molecule has 2 heteroatoms. The van der Waals surface area contributed by atoms with Gasteiger partial charge in [0.25, 0.3) is 0 Å². The van der Waals surface area contributed by atoms with Crippen LogP contribution >= 0.6 is 0 Å². The van der Waals surface area contributed by atoms with E-state index in [1.54, 1.807) is 7.11 Å². The Morgan fingerprint density at radius 3 is 2.50 bits per heavy atom. The summed E-state index contributed by atoms with van der Waals surface area (Å²) in [5.74, 6) is 0.828. The van der Waals surface area contributed by atoms with Crippen molar-refractivity contribution in [1.29, 1.82) is 0 Å². The van der Waals surface area contributed by atoms with E-state index >= 15 is 0 Å². The van der Waals surface area contributed by atoms with Gasteiger partial charge in [0.2, 0.25) is 0 Å². The Labute approximate surface area is 84.9 Å². The Morgan fingerprint density at radius 2 is 2.00 bits per heavy atom. The lowest BCUT2D eigenvalue weighted by atomic mass is 9.99. The number of carbonyl (C=O) groups excluding carboxylic acids is 1. The van der Waals surface area contributed by atoms with Crippen LogP contribution in [0, 0.1) is 13.8 Å². The van der Waals surface area contributed by atoms with Gasteiger partial charge in [0.15, 0.2) is 5.78 Å². The standard InChI is InChI=1S/C12H16O2/c1-5-10(13)12-9(3)6-8(2)7-11(12)14-4/h6-7H,5H2,1-4H3. The first-order valence-corrected chi connectivity index (χ1v) is 4.78. The van der Waals surface area contributed by atoms with Crippen molar-refractivity contribution in [3.63, 3.8) is 0 Å². The third-order valence-corrected chi connectivity index (χ3v) is 2.26. The van der Waals surface area contributed by atoms with Gasteiger partial charge in [-0.1, -0.05) is 13.0 Å². The van der Waals surface area contributed by atoms with Gasteiger partial charge in [0.05, 0.1) is 12.7 Å². The number of carbonyl (C=O) groups is 1. The fraction of sp³-hybridized carbons (Fsp3) is 0.417. The third kappa shape index (κ3) is 1.95. The number of hydrogen-bond donors (Lipinski definition) is 0. The first-order valence-electron chi connectivity index (χ1n) is 4.78. The van der Waals surface area contributed by atoms with E-state index in [2.05, 4.69) is 0 Å². The number of Topliss-reactive ketones (excluding diaryl/α,β-unsaturated/α-hetero) is 1. The fourth-order valence-electron chi connectivity index (χ4n) is 1.62. The largest absolute Gasteiger partial charge is 0.496 e. The summed E-state index contributed by atoms with van der Waals surface area (Å²) in [6, 6.07) is 3.90. The van der Waals surface area contributed by atoms with Gasteiger partial charge in [-0.25, -0.2) is 0 Å². The van der Waals surface area contributed by atoms with Crippen LogP contribution in [-0.2, 0) is 0 Å². The molecule has 0 aliphatic carbocycles. The SMILES string of the molecule is CCC(=O)c1c(C)cc(C)cc1OC. The quantitative estimate of drug-likeness (QED) is 0.688. The second kappa shape index (κ2) is 4.27. The highest BCUT2D eigenvalue weighted by molar-refractivity contribution is 5.99. The van der Waals surface area contributed by atoms with Crippen LogP contribution in [0.4, 0.5) is 0 Å². The summed E-state index contributed by atoms with van der Waals surface area (Å²) in [7, 11) is 1.60. The average molecular weight is 192 g/mol. The van der Waals surface area contributed by atoms with Gasteiger partial charge >= 0.3 is 0 Å². The summed E-state index contributed by atoms with van der Waals surface area (Å²) in [5.41, 5.74) is 2.83. The monoisotopic (exact) mass is 192 g/mol. The highest BCUT2D eigenvalue weighted by Gasteiger charge is 2.13. The lowest BCUT2D eigenvalue weighted by Gasteiger charge is -2.10. The molecule has 2 nitrogen and oxygen atoms in total. The molecule has 0 aliphatic heterocycles. The van der Waals surface area contributed by atoms with E-state index in [1.165, 1.54) is 0 Å². The topological polar surface area (TPSA) is 26.3 Å². The predicted octanol–water partition coefficient (Wildman–Crippen LogP) is 2.90. The van der Waals surface area contributed by atoms with Crippen molar-refractivity contribution in [1.82, 2.24) is 0 Å². The molecule has 0 unspecified atom stereocenters. The van der Waals surface area contributed by atoms with Crippen LogP contribution in [0.1, 0.15) is 34.8 Å². The number of hydrogen-bond acceptors (Lipinski definition) is 2. The molecule has 1 rings (SSSR count). The van der Waals surface area contributed by atoms with Crippen LogP contribution in [-0.4, -0.2) is 12.9 Å². The molecule has 1 aromatic rings. The van der Waals surface area contributed by atoms with Gasteiger partial charge in [-0.15, -0.1) is 0 Å². The minimum Gasteiger partial charge on any atom is -0.496 e. The summed E-state index contributed by atoms with van der Waals surface area (Å²) >= 11 is 0. The summed E-state index contributed by atoms with van der Waals surface area (Å²) in [5, 5.41) is 0. The summed E-state index contributed by atoms with van der Waals surface area (Å²) < 4.78 is 5.21. The maximum atomic E-state index is 11.6. The van der Waals surface area contributed by atoms with Crippen LogP contribution in [0.3, 0.4) is 0 Å². The van der Waals surface area contributed by atoms with Crippen molar-refractivity contribution in [3.8, 4) is 5.75 Å². The molecular weight excluding hydrogens is 176 g/mol. The van der Waals surface area contributed by atoms with E-state index in [4.69, 9.17) is 4.74 Å². The van der Waals surface area contributed by atoms with Gasteiger partial charge in [-0.3, -0.25) is 4.79 Å². The smallest absolute Gasteiger partial charge is 0.166 e. The van der Waals surface area contributed by atoms with Crippen LogP contribution in [0.5, 0.6) is 5.75 Å². The number of benzene rings is 1. The summed E-state index contributed by atoms with van der Waals surface area (Å²) in [6.45, 7) is 5.80. The maximum Gasteiger partial charge on any atom is 0.166 e. The van der Waals surface area contributed by atoms with Crippen LogP contribution in [0.2, 0.25) is 0 Å². The van der Waals surface area contributed by atoms with E-state index in [-0.39, 0.29) is 5.78 Å². The molecule has 0 spiro atoms. The molecule has 0 aromatic heterocycles. The van der Waals surface area contributed by atoms with Crippen LogP contribution in [0.25, 0.3) is 0 Å². The van der Waals surface area contributed by atoms with Crippen molar-refractivity contribution in [3.05, 3.63) is 28.8 Å². The Hall–Kier alpha value is -1.31. The third-order valence-electron chi connectivity index (χ3n) is 2.26. The molecule has 0 saturated carbocycles. The number of aryl methyl sites for hydroxylation is 2. The Kier molecular flexibility index (Phi) is 3.28. The lowest BCUT2D eigenvalue weighted by molar-refractivity contribution is 0.0984. The number of methoxy groups -OCH3 is 1. The molecule has 0 radical (unpaired) electrons. The zero-order chi connectivity index (χ0) is 10.7. The Morgan fingerprint density at radius 1 is 1.36 bits per heavy atom. The Bertz CT molecular complexity index is 354. The average Bonchev–Trinajstić information content (AvgIpc) is 2.15. The molecule has 0 atom stereocenters. The first-order chi connectivity index (χ1) is 6.60. The molecule has 0 saturated heterocycles. The van der Waals surface area contributed by atoms with Crippen LogP contribution < -0.4 is 4.74 Å². The number of rotatable bonds is 3. The normalized spacial score (nSPS) is 10.0. The molecule has 76 valence electrons. The molecule has 0 aliphatic rings. The molecule has 14 heavy (non-hydrogen) atoms. The molecular formula is C12H16O2. The maximum absolute atomic E-state index is 11.6. The Balaban J connectivity index is 3.32. The van der Waals surface area contributed by atoms with Crippen molar-refractivity contribution < 1.29 is 9.53 Å². The molecule has 0 fully saturated rings. The van der Waals surface area contributed by atoms with E-state index in [9.17, 15) is 4.79 Å². The second-order valence-corrected chi connectivity index (χ2v) is 3.44. The minimum absolute atomic E-state index is 0.138. The highest BCUT2D eigenvalue weighted by atomic mass is 16.5. The summed E-state index contributed by atoms with van der Waals surface area (Å²) in [4.78, 5) is 11.6. The zero-order valence-corrected chi connectivity index (χ0v) is 9.18. The van der Waals surface area contributed by atoms with Gasteiger partial charge in [-0.2, -0.15) is 0 Å². The molecule has 0 N–H and O–H groups in total. The van der Waals surface area contributed by atoms with Crippen molar-refractivity contribution in [2.45, 2.75) is 27.2 Å². The molecule has 0 amide bonds. The molecule has 1 aromatic carbocycles. The van der Waals surface area contributed by atoms with Crippen LogP contribution in [0.15, 0.2) is 12.1 Å². The predicted molar refractivity (Wildman–Crippen MR) is 57.1 cm³/mol. The van der Waals surface area contributed by atoms with E-state index < -0.39 is 0 Å². The van der Waals surface area contributed by atoms with Gasteiger partial charge in [0, 0.05) is 6.42 Å². The van der Waals surface area contributed by atoms with Crippen molar-refractivity contribution >= 4 is 5.78 Å². The zero-order valence-electron chi connectivity index (χ0n) is 9.18. The number of ketones is 1. The molecule has 0 bridgehead atoms. The fourth-order valence-corrected chi connectivity index (χ4v) is 1.62. The van der Waals surface area contributed by atoms with E-state index in [0.717, 1.165) is 16.7 Å². The van der Waals surface area contributed by atoms with Gasteiger partial charge in [-0.05, 0) is 31.0 Å². The number of ether oxygens (including phenoxy) is 1. The second-order valence-electron chi connectivity index (χ2n) is 3.44. The van der Waals surface area contributed by atoms with Gasteiger partial charge < -0.3 is 4.74 Å². The highest BCUT2D eigenvalue weighted by Crippen LogP contribution is 2.25. The molecule has 0 heterocycles. The summed E-state index contributed by atoms with van der Waals surface area (Å²) in [6.07, 6.45) is 0.514. The van der Waals surface area contributed by atoms with Gasteiger partial charge in [0.1, 0.15) is 5.75 Å². The first kappa shape index (κ1) is 10.8.